The minimum atomic E-state index is 0.161. The van der Waals surface area contributed by atoms with Gasteiger partial charge in [0, 0.05) is 7.11 Å². The number of rotatable bonds is 6. The Labute approximate surface area is 123 Å². The van der Waals surface area contributed by atoms with E-state index in [1.54, 1.807) is 7.11 Å². The van der Waals surface area contributed by atoms with Gasteiger partial charge in [-0.05, 0) is 34.7 Å². The summed E-state index contributed by atoms with van der Waals surface area (Å²) in [6.07, 6.45) is 8.25. The molecular weight excluding hydrogens is 308 g/mol. The maximum absolute atomic E-state index is 5.82. The van der Waals surface area contributed by atoms with Crippen molar-refractivity contribution in [2.75, 3.05) is 13.7 Å². The van der Waals surface area contributed by atoms with Crippen LogP contribution in [0.2, 0.25) is 0 Å². The van der Waals surface area contributed by atoms with Gasteiger partial charge in [0.05, 0.1) is 35.6 Å². The smallest absolute Gasteiger partial charge is 0.0713 e. The Hall–Kier alpha value is -0.430. The number of hydrazine groups is 1. The van der Waals surface area contributed by atoms with Crippen molar-refractivity contribution in [3.05, 3.63) is 16.4 Å². The van der Waals surface area contributed by atoms with E-state index in [1.165, 1.54) is 32.1 Å². The molecule has 0 aromatic carbocycles. The third kappa shape index (κ3) is 3.56. The van der Waals surface area contributed by atoms with Gasteiger partial charge >= 0.3 is 0 Å². The fraction of sp³-hybridized carbons (Fsp3) is 0.769. The fourth-order valence-corrected chi connectivity index (χ4v) is 3.49. The highest BCUT2D eigenvalue weighted by atomic mass is 79.9. The van der Waals surface area contributed by atoms with Crippen LogP contribution >= 0.6 is 15.9 Å². The first kappa shape index (κ1) is 15.0. The number of nitrogens with zero attached hydrogens (tertiary/aromatic N) is 2. The van der Waals surface area contributed by atoms with Crippen molar-refractivity contribution in [2.24, 2.45) is 11.8 Å². The largest absolute Gasteiger partial charge is 0.383 e. The van der Waals surface area contributed by atoms with Crippen molar-refractivity contribution in [1.29, 1.82) is 0 Å². The lowest BCUT2D eigenvalue weighted by atomic mass is 9.83. The maximum Gasteiger partial charge on any atom is 0.0713 e. The van der Waals surface area contributed by atoms with Crippen LogP contribution < -0.4 is 11.3 Å². The fourth-order valence-electron chi connectivity index (χ4n) is 2.94. The summed E-state index contributed by atoms with van der Waals surface area (Å²) in [6.45, 7) is 1.41. The number of hydrogen-bond acceptors (Lipinski definition) is 4. The predicted molar refractivity (Wildman–Crippen MR) is 78.4 cm³/mol. The molecule has 1 aromatic rings. The Morgan fingerprint density at radius 2 is 2.26 bits per heavy atom. The van der Waals surface area contributed by atoms with Gasteiger partial charge in [-0.2, -0.15) is 5.10 Å². The van der Waals surface area contributed by atoms with E-state index in [1.807, 2.05) is 10.9 Å². The Balaban J connectivity index is 2.18. The van der Waals surface area contributed by atoms with E-state index < -0.39 is 0 Å². The van der Waals surface area contributed by atoms with Crippen LogP contribution in [0.5, 0.6) is 0 Å². The number of hydrogen-bond donors (Lipinski definition) is 2. The van der Waals surface area contributed by atoms with Gasteiger partial charge in [-0.3, -0.25) is 16.0 Å². The van der Waals surface area contributed by atoms with E-state index in [0.29, 0.717) is 12.5 Å². The minimum Gasteiger partial charge on any atom is -0.383 e. The average molecular weight is 331 g/mol. The molecule has 1 atom stereocenters. The number of ether oxygens (including phenoxy) is 1. The highest BCUT2D eigenvalue weighted by Gasteiger charge is 2.28. The van der Waals surface area contributed by atoms with E-state index in [-0.39, 0.29) is 6.04 Å². The molecule has 1 saturated carbocycles. The molecule has 19 heavy (non-hydrogen) atoms. The molecule has 1 fully saturated rings. The van der Waals surface area contributed by atoms with E-state index in [0.717, 1.165) is 16.7 Å². The summed E-state index contributed by atoms with van der Waals surface area (Å²) < 4.78 is 8.16. The van der Waals surface area contributed by atoms with Gasteiger partial charge in [0.25, 0.3) is 0 Å². The van der Waals surface area contributed by atoms with Crippen LogP contribution in [0.3, 0.4) is 0 Å². The molecule has 0 amide bonds. The van der Waals surface area contributed by atoms with Crippen molar-refractivity contribution >= 4 is 15.9 Å². The summed E-state index contributed by atoms with van der Waals surface area (Å²) in [5.74, 6) is 6.41. The molecule has 0 aliphatic heterocycles. The van der Waals surface area contributed by atoms with Gasteiger partial charge in [-0.25, -0.2) is 0 Å². The molecule has 1 aliphatic carbocycles. The number of nitrogens with two attached hydrogens (primary N) is 1. The van der Waals surface area contributed by atoms with Crippen molar-refractivity contribution in [3.63, 3.8) is 0 Å². The van der Waals surface area contributed by atoms with Gasteiger partial charge in [-0.15, -0.1) is 0 Å². The van der Waals surface area contributed by atoms with Crippen LogP contribution in [0.15, 0.2) is 10.7 Å². The molecule has 1 unspecified atom stereocenters. The molecule has 6 heteroatoms. The van der Waals surface area contributed by atoms with Crippen molar-refractivity contribution < 1.29 is 4.74 Å². The third-order valence-electron chi connectivity index (χ3n) is 3.94. The number of halogens is 1. The first-order valence-electron chi connectivity index (χ1n) is 6.94. The summed E-state index contributed by atoms with van der Waals surface area (Å²) in [6, 6.07) is 0.161. The zero-order valence-electron chi connectivity index (χ0n) is 11.4. The number of aromatic nitrogens is 2. The summed E-state index contributed by atoms with van der Waals surface area (Å²) >= 11 is 3.60. The SMILES string of the molecule is COCCn1ncc(Br)c1C(NN)C1CCCCC1. The van der Waals surface area contributed by atoms with Gasteiger partial charge in [0.1, 0.15) is 0 Å². The van der Waals surface area contributed by atoms with Crippen LogP contribution in [0, 0.1) is 5.92 Å². The third-order valence-corrected chi connectivity index (χ3v) is 4.55. The maximum atomic E-state index is 5.82. The Morgan fingerprint density at radius 1 is 1.53 bits per heavy atom. The van der Waals surface area contributed by atoms with Gasteiger partial charge < -0.3 is 4.74 Å². The first-order chi connectivity index (χ1) is 9.27. The summed E-state index contributed by atoms with van der Waals surface area (Å²) in [7, 11) is 1.71. The second-order valence-electron chi connectivity index (χ2n) is 5.14. The van der Waals surface area contributed by atoms with Crippen molar-refractivity contribution in [3.8, 4) is 0 Å². The number of methoxy groups -OCH3 is 1. The molecule has 1 aromatic heterocycles. The summed E-state index contributed by atoms with van der Waals surface area (Å²) in [5.41, 5.74) is 4.15. The lowest BCUT2D eigenvalue weighted by Crippen LogP contribution is -2.36. The van der Waals surface area contributed by atoms with E-state index in [4.69, 9.17) is 10.6 Å². The topological polar surface area (TPSA) is 65.1 Å². The molecule has 1 aliphatic rings. The van der Waals surface area contributed by atoms with Crippen LogP contribution in [0.4, 0.5) is 0 Å². The predicted octanol–water partition coefficient (Wildman–Crippen LogP) is 2.38. The van der Waals surface area contributed by atoms with Gasteiger partial charge in [-0.1, -0.05) is 19.3 Å². The molecule has 0 spiro atoms. The normalized spacial score (nSPS) is 18.7. The second kappa shape index (κ2) is 7.38. The molecule has 108 valence electrons. The van der Waals surface area contributed by atoms with Gasteiger partial charge in [0.15, 0.2) is 0 Å². The molecule has 3 N–H and O–H groups in total. The zero-order chi connectivity index (χ0) is 13.7. The van der Waals surface area contributed by atoms with Crippen LogP contribution in [0.25, 0.3) is 0 Å². The lowest BCUT2D eigenvalue weighted by molar-refractivity contribution is 0.179. The van der Waals surface area contributed by atoms with Crippen molar-refractivity contribution in [2.45, 2.75) is 44.7 Å². The second-order valence-corrected chi connectivity index (χ2v) is 5.99. The molecule has 1 heterocycles. The number of nitrogens with one attached hydrogen (secondary N) is 1. The van der Waals surface area contributed by atoms with Crippen LogP contribution in [-0.4, -0.2) is 23.5 Å². The minimum absolute atomic E-state index is 0.161. The molecule has 0 radical (unpaired) electrons. The average Bonchev–Trinajstić information content (AvgIpc) is 2.80. The molecule has 0 saturated heterocycles. The molecule has 5 nitrogen and oxygen atoms in total. The first-order valence-corrected chi connectivity index (χ1v) is 7.73. The molecule has 0 bridgehead atoms. The highest BCUT2D eigenvalue weighted by molar-refractivity contribution is 9.10. The standard InChI is InChI=1S/C13H23BrN4O/c1-19-8-7-18-13(11(14)9-16-18)12(17-15)10-5-3-2-4-6-10/h9-10,12,17H,2-8,15H2,1H3. The van der Waals surface area contributed by atoms with Crippen LogP contribution in [-0.2, 0) is 11.3 Å². The molecular formula is C13H23BrN4O. The quantitative estimate of drug-likeness (QED) is 0.620. The van der Waals surface area contributed by atoms with E-state index in [2.05, 4.69) is 26.5 Å². The van der Waals surface area contributed by atoms with E-state index >= 15 is 0 Å². The van der Waals surface area contributed by atoms with E-state index in [9.17, 15) is 0 Å². The highest BCUT2D eigenvalue weighted by Crippen LogP contribution is 2.36. The Bertz CT molecular complexity index is 390. The monoisotopic (exact) mass is 330 g/mol. The Kier molecular flexibility index (Phi) is 5.81. The van der Waals surface area contributed by atoms with Crippen LogP contribution in [0.1, 0.15) is 43.8 Å². The Morgan fingerprint density at radius 3 is 2.89 bits per heavy atom. The lowest BCUT2D eigenvalue weighted by Gasteiger charge is -2.30. The van der Waals surface area contributed by atoms with Gasteiger partial charge in [0.2, 0.25) is 0 Å². The van der Waals surface area contributed by atoms with Crippen molar-refractivity contribution in [1.82, 2.24) is 15.2 Å². The molecule has 2 rings (SSSR count). The zero-order valence-corrected chi connectivity index (χ0v) is 13.0. The summed E-state index contributed by atoms with van der Waals surface area (Å²) in [5, 5.41) is 4.41. The summed E-state index contributed by atoms with van der Waals surface area (Å²) in [4.78, 5) is 0.